The molecular formula is C13H13N3. The summed E-state index contributed by atoms with van der Waals surface area (Å²) < 4.78 is 0. The molecule has 1 aliphatic rings. The first-order valence-electron chi connectivity index (χ1n) is 5.40. The van der Waals surface area contributed by atoms with Gasteiger partial charge in [0.2, 0.25) is 0 Å². The standard InChI is InChI=1S/C13H13N3/c14-8-7-13(5-6-13)10-16-12-4-2-1-3-11(12)9-15/h1-4,16H,5-7,10H2. The first-order valence-corrected chi connectivity index (χ1v) is 5.40. The summed E-state index contributed by atoms with van der Waals surface area (Å²) in [6.45, 7) is 0.791. The number of hydrogen-bond acceptors (Lipinski definition) is 3. The number of rotatable bonds is 4. The minimum atomic E-state index is 0.164. The van der Waals surface area contributed by atoms with E-state index in [1.54, 1.807) is 6.07 Å². The molecule has 1 N–H and O–H groups in total. The van der Waals surface area contributed by atoms with E-state index in [1.807, 2.05) is 18.2 Å². The molecule has 1 aromatic rings. The monoisotopic (exact) mass is 211 g/mol. The van der Waals surface area contributed by atoms with Crippen molar-refractivity contribution < 1.29 is 0 Å². The van der Waals surface area contributed by atoms with Crippen LogP contribution in [0.15, 0.2) is 24.3 Å². The van der Waals surface area contributed by atoms with Crippen molar-refractivity contribution in [2.75, 3.05) is 11.9 Å². The van der Waals surface area contributed by atoms with Crippen LogP contribution in [-0.4, -0.2) is 6.54 Å². The van der Waals surface area contributed by atoms with Crippen molar-refractivity contribution in [3.8, 4) is 12.1 Å². The number of benzene rings is 1. The Hall–Kier alpha value is -2.00. The predicted molar refractivity (Wildman–Crippen MR) is 61.5 cm³/mol. The highest BCUT2D eigenvalue weighted by atomic mass is 14.9. The molecule has 0 saturated heterocycles. The maximum Gasteiger partial charge on any atom is 0.101 e. The molecular weight excluding hydrogens is 198 g/mol. The van der Waals surface area contributed by atoms with E-state index in [-0.39, 0.29) is 5.41 Å². The van der Waals surface area contributed by atoms with Gasteiger partial charge in [0, 0.05) is 18.4 Å². The van der Waals surface area contributed by atoms with Crippen LogP contribution in [0.3, 0.4) is 0 Å². The molecule has 0 unspecified atom stereocenters. The molecule has 2 rings (SSSR count). The van der Waals surface area contributed by atoms with Crippen molar-refractivity contribution in [2.24, 2.45) is 5.41 Å². The van der Waals surface area contributed by atoms with Gasteiger partial charge in [-0.05, 0) is 25.0 Å². The molecule has 1 aliphatic carbocycles. The van der Waals surface area contributed by atoms with E-state index in [0.717, 1.165) is 25.1 Å². The lowest BCUT2D eigenvalue weighted by atomic mass is 10.0. The van der Waals surface area contributed by atoms with Crippen molar-refractivity contribution in [1.82, 2.24) is 0 Å². The van der Waals surface area contributed by atoms with Crippen LogP contribution in [0.1, 0.15) is 24.8 Å². The molecule has 0 spiro atoms. The van der Waals surface area contributed by atoms with Gasteiger partial charge in [-0.25, -0.2) is 0 Å². The average Bonchev–Trinajstić information content (AvgIpc) is 3.08. The normalized spacial score (nSPS) is 15.9. The van der Waals surface area contributed by atoms with Gasteiger partial charge in [-0.2, -0.15) is 10.5 Å². The molecule has 16 heavy (non-hydrogen) atoms. The van der Waals surface area contributed by atoms with Gasteiger partial charge in [0.1, 0.15) is 6.07 Å². The van der Waals surface area contributed by atoms with Crippen molar-refractivity contribution in [1.29, 1.82) is 10.5 Å². The molecule has 1 saturated carbocycles. The average molecular weight is 211 g/mol. The summed E-state index contributed by atoms with van der Waals surface area (Å²) in [5, 5.41) is 20.9. The third-order valence-corrected chi connectivity index (χ3v) is 3.11. The number of anilines is 1. The molecule has 3 nitrogen and oxygen atoms in total. The first kappa shape index (κ1) is 10.5. The number of nitriles is 2. The third-order valence-electron chi connectivity index (χ3n) is 3.11. The second-order valence-electron chi connectivity index (χ2n) is 4.35. The molecule has 0 heterocycles. The molecule has 0 radical (unpaired) electrons. The van der Waals surface area contributed by atoms with Gasteiger partial charge < -0.3 is 5.32 Å². The molecule has 0 aliphatic heterocycles. The highest BCUT2D eigenvalue weighted by Crippen LogP contribution is 2.48. The van der Waals surface area contributed by atoms with E-state index in [9.17, 15) is 0 Å². The predicted octanol–water partition coefficient (Wildman–Crippen LogP) is 2.66. The fourth-order valence-electron chi connectivity index (χ4n) is 1.78. The third kappa shape index (κ3) is 2.15. The zero-order chi connectivity index (χ0) is 11.4. The number of nitrogens with zero attached hydrogens (tertiary/aromatic N) is 2. The highest BCUT2D eigenvalue weighted by Gasteiger charge is 2.42. The van der Waals surface area contributed by atoms with Gasteiger partial charge in [-0.1, -0.05) is 12.1 Å². The van der Waals surface area contributed by atoms with Gasteiger partial charge in [0.25, 0.3) is 0 Å². The van der Waals surface area contributed by atoms with E-state index in [1.165, 1.54) is 0 Å². The zero-order valence-corrected chi connectivity index (χ0v) is 9.03. The van der Waals surface area contributed by atoms with Crippen LogP contribution in [0.2, 0.25) is 0 Å². The second kappa shape index (κ2) is 4.24. The lowest BCUT2D eigenvalue weighted by Crippen LogP contribution is -2.15. The minimum Gasteiger partial charge on any atom is -0.383 e. The van der Waals surface area contributed by atoms with Gasteiger partial charge in [0.05, 0.1) is 17.3 Å². The van der Waals surface area contributed by atoms with Gasteiger partial charge in [-0.15, -0.1) is 0 Å². The maximum absolute atomic E-state index is 8.92. The largest absolute Gasteiger partial charge is 0.383 e. The Morgan fingerprint density at radius 2 is 2.00 bits per heavy atom. The Morgan fingerprint density at radius 3 is 2.62 bits per heavy atom. The van der Waals surface area contributed by atoms with Crippen LogP contribution in [-0.2, 0) is 0 Å². The van der Waals surface area contributed by atoms with Crippen LogP contribution in [0, 0.1) is 28.1 Å². The van der Waals surface area contributed by atoms with Gasteiger partial charge in [-0.3, -0.25) is 0 Å². The van der Waals surface area contributed by atoms with E-state index >= 15 is 0 Å². The SMILES string of the molecule is N#CCC1(CNc2ccccc2C#N)CC1. The molecule has 3 heteroatoms. The topological polar surface area (TPSA) is 59.6 Å². The highest BCUT2D eigenvalue weighted by molar-refractivity contribution is 5.57. The minimum absolute atomic E-state index is 0.164. The van der Waals surface area contributed by atoms with Crippen LogP contribution in [0.5, 0.6) is 0 Å². The van der Waals surface area contributed by atoms with Crippen LogP contribution < -0.4 is 5.32 Å². The van der Waals surface area contributed by atoms with Crippen molar-refractivity contribution in [3.05, 3.63) is 29.8 Å². The molecule has 1 aromatic carbocycles. The number of hydrogen-bond donors (Lipinski definition) is 1. The van der Waals surface area contributed by atoms with Crippen molar-refractivity contribution in [3.63, 3.8) is 0 Å². The fraction of sp³-hybridized carbons (Fsp3) is 0.385. The number of nitrogens with one attached hydrogen (secondary N) is 1. The summed E-state index contributed by atoms with van der Waals surface area (Å²) in [5.41, 5.74) is 1.70. The molecule has 0 aromatic heterocycles. The van der Waals surface area contributed by atoms with Gasteiger partial charge in [0.15, 0.2) is 0 Å². The Bertz CT molecular complexity index is 461. The zero-order valence-electron chi connectivity index (χ0n) is 9.03. The van der Waals surface area contributed by atoms with Crippen LogP contribution in [0.25, 0.3) is 0 Å². The summed E-state index contributed by atoms with van der Waals surface area (Å²) in [7, 11) is 0. The lowest BCUT2D eigenvalue weighted by Gasteiger charge is -2.14. The Kier molecular flexibility index (Phi) is 2.79. The van der Waals surface area contributed by atoms with Crippen molar-refractivity contribution >= 4 is 5.69 Å². The Balaban J connectivity index is 2.01. The quantitative estimate of drug-likeness (QED) is 0.832. The van der Waals surface area contributed by atoms with Crippen LogP contribution in [0.4, 0.5) is 5.69 Å². The Morgan fingerprint density at radius 1 is 1.25 bits per heavy atom. The molecule has 0 atom stereocenters. The van der Waals surface area contributed by atoms with Gasteiger partial charge >= 0.3 is 0 Å². The van der Waals surface area contributed by atoms with Crippen LogP contribution >= 0.6 is 0 Å². The lowest BCUT2D eigenvalue weighted by molar-refractivity contribution is 0.557. The molecule has 80 valence electrons. The summed E-state index contributed by atoms with van der Waals surface area (Å²) in [4.78, 5) is 0. The van der Waals surface area contributed by atoms with Crippen molar-refractivity contribution in [2.45, 2.75) is 19.3 Å². The van der Waals surface area contributed by atoms with E-state index in [4.69, 9.17) is 10.5 Å². The summed E-state index contributed by atoms with van der Waals surface area (Å²) >= 11 is 0. The molecule has 0 bridgehead atoms. The molecule has 1 fully saturated rings. The number of para-hydroxylation sites is 1. The first-order chi connectivity index (χ1) is 7.79. The molecule has 0 amide bonds. The fourth-order valence-corrected chi connectivity index (χ4v) is 1.78. The smallest absolute Gasteiger partial charge is 0.101 e. The van der Waals surface area contributed by atoms with E-state index in [2.05, 4.69) is 17.5 Å². The van der Waals surface area contributed by atoms with E-state index in [0.29, 0.717) is 12.0 Å². The summed E-state index contributed by atoms with van der Waals surface area (Å²) in [6, 6.07) is 11.9. The van der Waals surface area contributed by atoms with E-state index < -0.39 is 0 Å². The summed E-state index contributed by atoms with van der Waals surface area (Å²) in [6.07, 6.45) is 2.83. The summed E-state index contributed by atoms with van der Waals surface area (Å²) in [5.74, 6) is 0. The second-order valence-corrected chi connectivity index (χ2v) is 4.35. The maximum atomic E-state index is 8.92. The Labute approximate surface area is 95.3 Å².